The molecule has 0 bridgehead atoms. The third kappa shape index (κ3) is 6.71. The number of aliphatic imine (C=N–C) groups is 1. The van der Waals surface area contributed by atoms with Crippen LogP contribution < -0.4 is 34.3 Å². The first kappa shape index (κ1) is 27.6. The van der Waals surface area contributed by atoms with Crippen molar-refractivity contribution in [3.63, 3.8) is 0 Å². The van der Waals surface area contributed by atoms with E-state index >= 15 is 0 Å². The number of carboxylic acid groups (broad SMARTS) is 1. The maximum absolute atomic E-state index is 11.3. The minimum atomic E-state index is -0.965. The van der Waals surface area contributed by atoms with E-state index in [0.29, 0.717) is 31.9 Å². The van der Waals surface area contributed by atoms with Gasteiger partial charge in [-0.15, -0.1) is 0 Å². The van der Waals surface area contributed by atoms with Crippen LogP contribution in [-0.4, -0.2) is 89.2 Å². The van der Waals surface area contributed by atoms with Crippen molar-refractivity contribution in [1.82, 2.24) is 14.9 Å². The number of benzene rings is 1. The van der Waals surface area contributed by atoms with Gasteiger partial charge in [-0.25, -0.2) is 14.8 Å². The predicted octanol–water partition coefficient (Wildman–Crippen LogP) is -0.949. The van der Waals surface area contributed by atoms with E-state index in [9.17, 15) is 15.0 Å². The van der Waals surface area contributed by atoms with Crippen LogP contribution in [0.5, 0.6) is 5.75 Å². The molecule has 2 atom stereocenters. The third-order valence-electron chi connectivity index (χ3n) is 5.72. The van der Waals surface area contributed by atoms with Crippen molar-refractivity contribution in [2.24, 2.45) is 4.99 Å². The summed E-state index contributed by atoms with van der Waals surface area (Å²) in [5.41, 5.74) is 2.62. The fourth-order valence-electron chi connectivity index (χ4n) is 4.08. The van der Waals surface area contributed by atoms with Crippen molar-refractivity contribution in [2.75, 3.05) is 39.9 Å². The number of aliphatic hydroxyl groups is 1. The van der Waals surface area contributed by atoms with Crippen LogP contribution in [0, 0.1) is 0 Å². The normalized spacial score (nSPS) is 19.2. The Kier molecular flexibility index (Phi) is 10.7. The van der Waals surface area contributed by atoms with E-state index in [4.69, 9.17) is 14.5 Å². The Bertz CT molecular complexity index is 867. The zero-order valence-electron chi connectivity index (χ0n) is 21.3. The van der Waals surface area contributed by atoms with Crippen LogP contribution in [0.15, 0.2) is 40.7 Å². The van der Waals surface area contributed by atoms with E-state index in [2.05, 4.69) is 11.9 Å². The van der Waals surface area contributed by atoms with Gasteiger partial charge in [0, 0.05) is 26.6 Å². The monoisotopic (exact) mass is 470 g/mol. The number of aliphatic carboxylic acids is 1. The molecule has 0 saturated carbocycles. The quantitative estimate of drug-likeness (QED) is 0.400. The van der Waals surface area contributed by atoms with E-state index in [0.717, 1.165) is 42.3 Å². The van der Waals surface area contributed by atoms with Crippen LogP contribution >= 0.6 is 0 Å². The van der Waals surface area contributed by atoms with Crippen molar-refractivity contribution in [2.45, 2.75) is 45.9 Å². The summed E-state index contributed by atoms with van der Waals surface area (Å²) in [4.78, 5) is 17.8. The SMILES string of the molecule is CCCN1CC2=C(C(O)N(CCOc3ccc(CC(OCC)C(=O)O)cc3)C(C)=N2)N1C.[H-].[Na+]. The summed E-state index contributed by atoms with van der Waals surface area (Å²) in [5, 5.41) is 24.4. The molecule has 0 aliphatic carbocycles. The van der Waals surface area contributed by atoms with Crippen molar-refractivity contribution in [3.8, 4) is 5.75 Å². The molecule has 0 fully saturated rings. The Morgan fingerprint density at radius 3 is 2.58 bits per heavy atom. The van der Waals surface area contributed by atoms with Gasteiger partial charge in [0.05, 0.1) is 18.8 Å². The molecule has 1 aromatic rings. The maximum Gasteiger partial charge on any atom is 1.00 e. The first-order valence-electron chi connectivity index (χ1n) is 11.1. The zero-order valence-corrected chi connectivity index (χ0v) is 22.3. The molecule has 0 spiro atoms. The molecule has 9 nitrogen and oxygen atoms in total. The Labute approximate surface area is 219 Å². The predicted molar refractivity (Wildman–Crippen MR) is 122 cm³/mol. The number of amidine groups is 1. The van der Waals surface area contributed by atoms with Crippen LogP contribution in [-0.2, 0) is 16.0 Å². The molecular formula is C23H35N4NaO5. The smallest absolute Gasteiger partial charge is 1.00 e. The number of carboxylic acids is 1. The van der Waals surface area contributed by atoms with Crippen LogP contribution in [0.2, 0.25) is 0 Å². The van der Waals surface area contributed by atoms with Gasteiger partial charge in [0.2, 0.25) is 0 Å². The number of hydrogen-bond acceptors (Lipinski definition) is 8. The van der Waals surface area contributed by atoms with Crippen molar-refractivity contribution in [1.29, 1.82) is 0 Å². The molecule has 0 saturated heterocycles. The van der Waals surface area contributed by atoms with Gasteiger partial charge < -0.3 is 31.0 Å². The van der Waals surface area contributed by atoms with Crippen LogP contribution in [0.3, 0.4) is 0 Å². The summed E-state index contributed by atoms with van der Waals surface area (Å²) in [6.07, 6.45) is -0.274. The third-order valence-corrected chi connectivity index (χ3v) is 5.72. The number of nitrogens with zero attached hydrogens (tertiary/aromatic N) is 4. The number of rotatable bonds is 11. The first-order valence-corrected chi connectivity index (χ1v) is 11.1. The molecule has 0 radical (unpaired) electrons. The second kappa shape index (κ2) is 12.7. The topological polar surface area (TPSA) is 98.1 Å². The molecule has 0 amide bonds. The number of hydrazine groups is 1. The molecule has 2 N–H and O–H groups in total. The Balaban J connectivity index is 0.00000289. The van der Waals surface area contributed by atoms with E-state index in [-0.39, 0.29) is 31.0 Å². The largest absolute Gasteiger partial charge is 1.00 e. The number of ether oxygens (including phenoxy) is 2. The standard InChI is InChI=1S/C23H34N4O5.Na.H/c1-5-11-26-15-19-21(25(26)4)22(28)27(16(3)24-19)12-13-32-18-9-7-17(8-10-18)14-20(23(29)30)31-6-2;;/h7-10,20,22,28H,5-6,11-15H2,1-4H3,(H,29,30);;/q;+1;-1. The Hall–Kier alpha value is -1.62. The molecule has 0 aromatic heterocycles. The second-order valence-corrected chi connectivity index (χ2v) is 7.95. The minimum absolute atomic E-state index is 0. The number of hydrogen-bond donors (Lipinski definition) is 2. The van der Waals surface area contributed by atoms with Gasteiger partial charge >= 0.3 is 35.5 Å². The van der Waals surface area contributed by atoms with Gasteiger partial charge in [0.15, 0.2) is 12.3 Å². The van der Waals surface area contributed by atoms with Gasteiger partial charge in [0.1, 0.15) is 23.9 Å². The summed E-state index contributed by atoms with van der Waals surface area (Å²) >= 11 is 0. The van der Waals surface area contributed by atoms with E-state index in [1.165, 1.54) is 0 Å². The van der Waals surface area contributed by atoms with Crippen molar-refractivity contribution >= 4 is 11.8 Å². The van der Waals surface area contributed by atoms with Crippen molar-refractivity contribution in [3.05, 3.63) is 41.2 Å². The first-order chi connectivity index (χ1) is 15.3. The minimum Gasteiger partial charge on any atom is -1.00 e. The van der Waals surface area contributed by atoms with Gasteiger partial charge in [0.25, 0.3) is 0 Å². The van der Waals surface area contributed by atoms with Crippen LogP contribution in [0.1, 0.15) is 34.2 Å². The molecule has 33 heavy (non-hydrogen) atoms. The average molecular weight is 471 g/mol. The summed E-state index contributed by atoms with van der Waals surface area (Å²) < 4.78 is 11.1. The number of carbonyl (C=O) groups is 1. The van der Waals surface area contributed by atoms with Gasteiger partial charge in [-0.3, -0.25) is 0 Å². The molecule has 2 heterocycles. The summed E-state index contributed by atoms with van der Waals surface area (Å²) in [7, 11) is 1.97. The Morgan fingerprint density at radius 1 is 1.27 bits per heavy atom. The van der Waals surface area contributed by atoms with Gasteiger partial charge in [-0.05, 0) is 38.0 Å². The average Bonchev–Trinajstić information content (AvgIpc) is 3.06. The molecule has 2 unspecified atom stereocenters. The maximum atomic E-state index is 11.3. The fraction of sp³-hybridized carbons (Fsp3) is 0.565. The number of likely N-dealkylation sites (N-methyl/N-ethyl adjacent to an activating group) is 1. The second-order valence-electron chi connectivity index (χ2n) is 7.95. The van der Waals surface area contributed by atoms with E-state index in [1.807, 2.05) is 48.1 Å². The molecule has 2 aliphatic heterocycles. The molecule has 3 rings (SSSR count). The van der Waals surface area contributed by atoms with Crippen LogP contribution in [0.4, 0.5) is 0 Å². The van der Waals surface area contributed by atoms with Gasteiger partial charge in [-0.2, -0.15) is 0 Å². The molecular weight excluding hydrogens is 435 g/mol. The van der Waals surface area contributed by atoms with Crippen LogP contribution in [0.25, 0.3) is 0 Å². The fourth-order valence-corrected chi connectivity index (χ4v) is 4.08. The summed E-state index contributed by atoms with van der Waals surface area (Å²) in [6.45, 7) is 8.68. The van der Waals surface area contributed by atoms with Crippen molar-refractivity contribution < 1.29 is 55.5 Å². The zero-order chi connectivity index (χ0) is 23.3. The Morgan fingerprint density at radius 2 is 1.97 bits per heavy atom. The van der Waals surface area contributed by atoms with E-state index < -0.39 is 18.3 Å². The molecule has 10 heteroatoms. The van der Waals surface area contributed by atoms with E-state index in [1.54, 1.807) is 6.92 Å². The summed E-state index contributed by atoms with van der Waals surface area (Å²) in [6, 6.07) is 7.34. The summed E-state index contributed by atoms with van der Waals surface area (Å²) in [5.74, 6) is 0.496. The van der Waals surface area contributed by atoms with Gasteiger partial charge in [-0.1, -0.05) is 19.1 Å². The molecule has 178 valence electrons. The number of aliphatic hydroxyl groups excluding tert-OH is 1. The molecule has 1 aromatic carbocycles. The molecule has 2 aliphatic rings.